The Labute approximate surface area is 157 Å². The number of rotatable bonds is 3. The summed E-state index contributed by atoms with van der Waals surface area (Å²) in [4.78, 5) is 32.9. The minimum Gasteiger partial charge on any atom is -0.360 e. The van der Waals surface area contributed by atoms with Crippen molar-refractivity contribution in [3.63, 3.8) is 0 Å². The quantitative estimate of drug-likeness (QED) is 0.765. The number of benzene rings is 1. The molecule has 1 aromatic carbocycles. The molecule has 1 N–H and O–H groups in total. The molecule has 0 radical (unpaired) electrons. The van der Waals surface area contributed by atoms with E-state index in [-0.39, 0.29) is 16.9 Å². The van der Waals surface area contributed by atoms with Crippen LogP contribution in [0.4, 0.5) is 0 Å². The van der Waals surface area contributed by atoms with Gasteiger partial charge in [-0.15, -0.1) is 0 Å². The molecular weight excluding hydrogens is 342 g/mol. The van der Waals surface area contributed by atoms with Crippen molar-refractivity contribution < 1.29 is 4.79 Å². The lowest BCUT2D eigenvalue weighted by molar-refractivity contribution is 0.0759. The van der Waals surface area contributed by atoms with Crippen molar-refractivity contribution in [3.05, 3.63) is 64.2 Å². The third-order valence-corrected chi connectivity index (χ3v) is 5.06. The van der Waals surface area contributed by atoms with Crippen LogP contribution >= 0.6 is 0 Å². The fraction of sp³-hybridized carbons (Fsp3) is 0.350. The molecule has 0 bridgehead atoms. The molecule has 1 aliphatic heterocycles. The Hall–Kier alpha value is -2.93. The molecule has 27 heavy (non-hydrogen) atoms. The third-order valence-electron chi connectivity index (χ3n) is 5.06. The standard InChI is InChI=1S/C20H23N5O2/c1-23-13-15(11-22-23)14-24-7-4-8-25(10-9-24)20(27)17-12-21-18-6-3-2-5-16(18)19(17)26/h2-3,5-6,11-13H,4,7-10,14H2,1H3,(H,21,26). The van der Waals surface area contributed by atoms with E-state index in [2.05, 4.69) is 15.0 Å². The summed E-state index contributed by atoms with van der Waals surface area (Å²) in [6, 6.07) is 7.27. The van der Waals surface area contributed by atoms with Crippen LogP contribution in [0.15, 0.2) is 47.7 Å². The molecule has 1 fully saturated rings. The van der Waals surface area contributed by atoms with Crippen molar-refractivity contribution >= 4 is 16.8 Å². The molecular formula is C20H23N5O2. The average Bonchev–Trinajstić information content (AvgIpc) is 2.94. The van der Waals surface area contributed by atoms with Gasteiger partial charge in [0, 0.05) is 68.6 Å². The van der Waals surface area contributed by atoms with Gasteiger partial charge in [-0.1, -0.05) is 12.1 Å². The van der Waals surface area contributed by atoms with Crippen molar-refractivity contribution in [3.8, 4) is 0 Å². The van der Waals surface area contributed by atoms with Gasteiger partial charge >= 0.3 is 0 Å². The summed E-state index contributed by atoms with van der Waals surface area (Å²) in [7, 11) is 1.91. The van der Waals surface area contributed by atoms with E-state index >= 15 is 0 Å². The van der Waals surface area contributed by atoms with Crippen molar-refractivity contribution in [1.82, 2.24) is 24.6 Å². The Bertz CT molecular complexity index is 1020. The zero-order valence-electron chi connectivity index (χ0n) is 15.4. The summed E-state index contributed by atoms with van der Waals surface area (Å²) in [5.41, 5.74) is 1.93. The molecule has 140 valence electrons. The first-order valence-electron chi connectivity index (χ1n) is 9.21. The van der Waals surface area contributed by atoms with Crippen LogP contribution in [0.25, 0.3) is 10.9 Å². The second-order valence-electron chi connectivity index (χ2n) is 7.02. The van der Waals surface area contributed by atoms with Crippen LogP contribution in [0.5, 0.6) is 0 Å². The van der Waals surface area contributed by atoms with Gasteiger partial charge in [-0.05, 0) is 18.6 Å². The van der Waals surface area contributed by atoms with Gasteiger partial charge in [-0.3, -0.25) is 19.2 Å². The Balaban J connectivity index is 1.48. The number of hydrogen-bond donors (Lipinski definition) is 1. The summed E-state index contributed by atoms with van der Waals surface area (Å²) in [5.74, 6) is -0.190. The summed E-state index contributed by atoms with van der Waals surface area (Å²) in [6.07, 6.45) is 6.33. The lowest BCUT2D eigenvalue weighted by Gasteiger charge is -2.21. The van der Waals surface area contributed by atoms with Crippen molar-refractivity contribution in [1.29, 1.82) is 0 Å². The highest BCUT2D eigenvalue weighted by Crippen LogP contribution is 2.12. The molecule has 7 heteroatoms. The van der Waals surface area contributed by atoms with E-state index in [0.717, 1.165) is 31.6 Å². The highest BCUT2D eigenvalue weighted by atomic mass is 16.2. The Morgan fingerprint density at radius 2 is 2.04 bits per heavy atom. The van der Waals surface area contributed by atoms with Crippen molar-refractivity contribution in [2.24, 2.45) is 7.05 Å². The number of H-pyrrole nitrogens is 1. The highest BCUT2D eigenvalue weighted by Gasteiger charge is 2.23. The predicted molar refractivity (Wildman–Crippen MR) is 104 cm³/mol. The fourth-order valence-corrected chi connectivity index (χ4v) is 3.64. The summed E-state index contributed by atoms with van der Waals surface area (Å²) in [6.45, 7) is 3.81. The van der Waals surface area contributed by atoms with Gasteiger partial charge in [0.25, 0.3) is 5.91 Å². The molecule has 1 aliphatic rings. The van der Waals surface area contributed by atoms with E-state index in [0.29, 0.717) is 18.5 Å². The van der Waals surface area contributed by atoms with Crippen LogP contribution in [-0.4, -0.2) is 56.7 Å². The molecule has 1 amide bonds. The van der Waals surface area contributed by atoms with E-state index in [1.165, 1.54) is 5.56 Å². The van der Waals surface area contributed by atoms with Crippen LogP contribution in [-0.2, 0) is 13.6 Å². The van der Waals surface area contributed by atoms with Crippen LogP contribution in [0.1, 0.15) is 22.3 Å². The molecule has 2 aromatic heterocycles. The first kappa shape index (κ1) is 17.5. The van der Waals surface area contributed by atoms with E-state index < -0.39 is 0 Å². The number of nitrogens with one attached hydrogen (secondary N) is 1. The average molecular weight is 365 g/mol. The topological polar surface area (TPSA) is 74.2 Å². The molecule has 0 saturated carbocycles. The molecule has 7 nitrogen and oxygen atoms in total. The van der Waals surface area contributed by atoms with Crippen LogP contribution in [0, 0.1) is 0 Å². The number of pyridine rings is 1. The maximum absolute atomic E-state index is 13.0. The van der Waals surface area contributed by atoms with Crippen molar-refractivity contribution in [2.75, 3.05) is 26.2 Å². The number of aromatic nitrogens is 3. The lowest BCUT2D eigenvalue weighted by atomic mass is 10.1. The van der Waals surface area contributed by atoms with Crippen LogP contribution < -0.4 is 5.43 Å². The number of aryl methyl sites for hydroxylation is 1. The number of amides is 1. The number of hydrogen-bond acceptors (Lipinski definition) is 4. The van der Waals surface area contributed by atoms with E-state index in [9.17, 15) is 9.59 Å². The SMILES string of the molecule is Cn1cc(CN2CCCN(C(=O)c3c[nH]c4ccccc4c3=O)CC2)cn1. The number of para-hydroxylation sites is 1. The molecule has 1 saturated heterocycles. The molecule has 0 aliphatic carbocycles. The Morgan fingerprint density at radius 3 is 2.85 bits per heavy atom. The van der Waals surface area contributed by atoms with Gasteiger partial charge in [-0.25, -0.2) is 0 Å². The highest BCUT2D eigenvalue weighted by molar-refractivity contribution is 5.97. The summed E-state index contributed by atoms with van der Waals surface area (Å²) < 4.78 is 1.80. The van der Waals surface area contributed by atoms with Crippen molar-refractivity contribution in [2.45, 2.75) is 13.0 Å². The first-order valence-corrected chi connectivity index (χ1v) is 9.21. The van der Waals surface area contributed by atoms with Gasteiger partial charge in [0.05, 0.1) is 6.20 Å². The van der Waals surface area contributed by atoms with E-state index in [1.54, 1.807) is 21.8 Å². The number of carbonyl (C=O) groups is 1. The number of carbonyl (C=O) groups excluding carboxylic acids is 1. The third kappa shape index (κ3) is 3.64. The monoisotopic (exact) mass is 365 g/mol. The molecule has 0 atom stereocenters. The second kappa shape index (κ2) is 7.36. The minimum atomic E-state index is -0.203. The normalized spacial score (nSPS) is 15.8. The largest absolute Gasteiger partial charge is 0.360 e. The first-order chi connectivity index (χ1) is 13.1. The van der Waals surface area contributed by atoms with Crippen LogP contribution in [0.2, 0.25) is 0 Å². The molecule has 0 unspecified atom stereocenters. The summed E-state index contributed by atoms with van der Waals surface area (Å²) in [5, 5.41) is 4.76. The minimum absolute atomic E-state index is 0.190. The second-order valence-corrected chi connectivity index (χ2v) is 7.02. The fourth-order valence-electron chi connectivity index (χ4n) is 3.64. The van der Waals surface area contributed by atoms with Gasteiger partial charge in [0.1, 0.15) is 5.56 Å². The molecule has 4 rings (SSSR count). The van der Waals surface area contributed by atoms with Gasteiger partial charge in [0.2, 0.25) is 5.43 Å². The smallest absolute Gasteiger partial charge is 0.259 e. The molecule has 3 heterocycles. The number of nitrogens with zero attached hydrogens (tertiary/aromatic N) is 4. The van der Waals surface area contributed by atoms with E-state index in [1.807, 2.05) is 37.6 Å². The lowest BCUT2D eigenvalue weighted by Crippen LogP contribution is -2.37. The van der Waals surface area contributed by atoms with Gasteiger partial charge in [-0.2, -0.15) is 5.10 Å². The molecule has 3 aromatic rings. The Kier molecular flexibility index (Phi) is 4.77. The van der Waals surface area contributed by atoms with Gasteiger partial charge in [0.15, 0.2) is 0 Å². The van der Waals surface area contributed by atoms with Crippen LogP contribution in [0.3, 0.4) is 0 Å². The Morgan fingerprint density at radius 1 is 1.19 bits per heavy atom. The number of fused-ring (bicyclic) bond motifs is 1. The van der Waals surface area contributed by atoms with Gasteiger partial charge < -0.3 is 9.88 Å². The van der Waals surface area contributed by atoms with E-state index in [4.69, 9.17) is 0 Å². The zero-order chi connectivity index (χ0) is 18.8. The predicted octanol–water partition coefficient (Wildman–Crippen LogP) is 1.61. The maximum Gasteiger partial charge on any atom is 0.259 e. The number of aromatic amines is 1. The maximum atomic E-state index is 13.0. The zero-order valence-corrected chi connectivity index (χ0v) is 15.4. The summed E-state index contributed by atoms with van der Waals surface area (Å²) >= 11 is 0. The molecule has 0 spiro atoms.